The van der Waals surface area contributed by atoms with Crippen LogP contribution >= 0.6 is 0 Å². The van der Waals surface area contributed by atoms with Gasteiger partial charge in [-0.2, -0.15) is 22.1 Å². The summed E-state index contributed by atoms with van der Waals surface area (Å²) in [4.78, 5) is 3.83. The number of aryl methyl sites for hydroxylation is 1. The van der Waals surface area contributed by atoms with Crippen molar-refractivity contribution in [1.82, 2.24) is 4.98 Å². The van der Waals surface area contributed by atoms with Crippen molar-refractivity contribution in [1.29, 1.82) is 5.26 Å². The molecule has 0 bridgehead atoms. The molecular formula is C19H16N4O6S2. The summed E-state index contributed by atoms with van der Waals surface area (Å²) in [7, 11) is -8.63. The highest BCUT2D eigenvalue weighted by Crippen LogP contribution is 2.27. The molecule has 0 unspecified atom stereocenters. The number of nitriles is 1. The quantitative estimate of drug-likeness (QED) is 0.400. The molecule has 0 atom stereocenters. The fourth-order valence-corrected chi connectivity index (χ4v) is 3.63. The van der Waals surface area contributed by atoms with Crippen molar-refractivity contribution in [3.8, 4) is 6.07 Å². The average Bonchev–Trinajstić information content (AvgIpc) is 2.67. The van der Waals surface area contributed by atoms with Crippen molar-refractivity contribution in [3.05, 3.63) is 65.7 Å². The molecule has 1 heterocycles. The normalized spacial score (nSPS) is 11.5. The second kappa shape index (κ2) is 8.32. The van der Waals surface area contributed by atoms with E-state index in [0.29, 0.717) is 22.8 Å². The van der Waals surface area contributed by atoms with Gasteiger partial charge in [-0.05, 0) is 67.1 Å². The third-order valence-electron chi connectivity index (χ3n) is 4.17. The molecule has 0 aliphatic heterocycles. The molecule has 10 nitrogen and oxygen atoms in total. The first kappa shape index (κ1) is 22.2. The van der Waals surface area contributed by atoms with Gasteiger partial charge in [0.1, 0.15) is 11.9 Å². The highest BCUT2D eigenvalue weighted by atomic mass is 32.2. The van der Waals surface area contributed by atoms with E-state index >= 15 is 0 Å². The van der Waals surface area contributed by atoms with Crippen molar-refractivity contribution in [3.63, 3.8) is 0 Å². The molecule has 0 aliphatic rings. The molecule has 3 rings (SSSR count). The molecule has 0 saturated carbocycles. The molecule has 160 valence electrons. The maximum absolute atomic E-state index is 11.2. The molecule has 0 radical (unpaired) electrons. The van der Waals surface area contributed by atoms with Crippen LogP contribution in [0.1, 0.15) is 11.1 Å². The van der Waals surface area contributed by atoms with Crippen molar-refractivity contribution in [2.24, 2.45) is 0 Å². The first-order valence-corrected chi connectivity index (χ1v) is 11.5. The molecule has 0 aliphatic carbocycles. The summed E-state index contributed by atoms with van der Waals surface area (Å²) in [5.41, 5.74) is 1.80. The zero-order valence-electron chi connectivity index (χ0n) is 15.9. The van der Waals surface area contributed by atoms with E-state index in [9.17, 15) is 22.1 Å². The fourth-order valence-electron chi connectivity index (χ4n) is 2.67. The van der Waals surface area contributed by atoms with Crippen molar-refractivity contribution in [2.45, 2.75) is 16.7 Å². The maximum atomic E-state index is 11.2. The van der Waals surface area contributed by atoms with Crippen LogP contribution < -0.4 is 10.6 Å². The van der Waals surface area contributed by atoms with Gasteiger partial charge in [-0.25, -0.2) is 4.98 Å². The number of nitrogens with one attached hydrogen (secondary N) is 2. The summed E-state index contributed by atoms with van der Waals surface area (Å²) < 4.78 is 62.8. The number of pyridine rings is 1. The van der Waals surface area contributed by atoms with Gasteiger partial charge >= 0.3 is 0 Å². The second-order valence-electron chi connectivity index (χ2n) is 6.41. The van der Waals surface area contributed by atoms with Crippen LogP contribution in [0.15, 0.2) is 64.4 Å². The van der Waals surface area contributed by atoms with E-state index in [-0.39, 0.29) is 21.2 Å². The van der Waals surface area contributed by atoms with E-state index < -0.39 is 20.2 Å². The number of hydrogen-bond acceptors (Lipinski definition) is 8. The summed E-state index contributed by atoms with van der Waals surface area (Å²) >= 11 is 0. The van der Waals surface area contributed by atoms with E-state index in [1.807, 2.05) is 0 Å². The molecule has 0 spiro atoms. The Morgan fingerprint density at radius 2 is 1.29 bits per heavy atom. The minimum absolute atomic E-state index is 0.208. The number of hydrogen-bond donors (Lipinski definition) is 4. The van der Waals surface area contributed by atoms with E-state index in [4.69, 9.17) is 9.11 Å². The molecule has 0 saturated heterocycles. The fraction of sp³-hybridized carbons (Fsp3) is 0.0526. The zero-order chi connectivity index (χ0) is 22.8. The second-order valence-corrected chi connectivity index (χ2v) is 9.25. The Morgan fingerprint density at radius 1 is 0.839 bits per heavy atom. The Morgan fingerprint density at radius 3 is 1.71 bits per heavy atom. The van der Waals surface area contributed by atoms with Gasteiger partial charge in [-0.1, -0.05) is 0 Å². The predicted octanol–water partition coefficient (Wildman–Crippen LogP) is 3.24. The van der Waals surface area contributed by atoms with Crippen LogP contribution in [-0.4, -0.2) is 30.9 Å². The lowest BCUT2D eigenvalue weighted by molar-refractivity contribution is 0.481. The monoisotopic (exact) mass is 460 g/mol. The topological polar surface area (TPSA) is 169 Å². The van der Waals surface area contributed by atoms with Crippen molar-refractivity contribution in [2.75, 3.05) is 10.6 Å². The Bertz CT molecular complexity index is 1380. The summed E-state index contributed by atoms with van der Waals surface area (Å²) in [6.07, 6.45) is 0. The van der Waals surface area contributed by atoms with Crippen LogP contribution in [0.4, 0.5) is 23.0 Å². The Hall–Kier alpha value is -3.50. The highest BCUT2D eigenvalue weighted by Gasteiger charge is 2.13. The predicted molar refractivity (Wildman–Crippen MR) is 113 cm³/mol. The number of aromatic nitrogens is 1. The van der Waals surface area contributed by atoms with Crippen LogP contribution in [0.5, 0.6) is 0 Å². The van der Waals surface area contributed by atoms with E-state index in [2.05, 4.69) is 21.7 Å². The third kappa shape index (κ3) is 5.36. The number of anilines is 4. The van der Waals surface area contributed by atoms with Gasteiger partial charge in [-0.15, -0.1) is 0 Å². The lowest BCUT2D eigenvalue weighted by atomic mass is 10.1. The van der Waals surface area contributed by atoms with Gasteiger partial charge in [0.05, 0.1) is 15.4 Å². The number of benzene rings is 2. The highest BCUT2D eigenvalue weighted by molar-refractivity contribution is 7.86. The lowest BCUT2D eigenvalue weighted by Gasteiger charge is -2.13. The molecule has 1 aromatic heterocycles. The third-order valence-corrected chi connectivity index (χ3v) is 5.90. The lowest BCUT2D eigenvalue weighted by Crippen LogP contribution is -2.04. The van der Waals surface area contributed by atoms with Crippen molar-refractivity contribution >= 4 is 43.2 Å². The molecule has 12 heteroatoms. The van der Waals surface area contributed by atoms with E-state index in [1.54, 1.807) is 13.0 Å². The Kier molecular flexibility index (Phi) is 5.96. The number of rotatable bonds is 6. The van der Waals surface area contributed by atoms with Crippen LogP contribution in [-0.2, 0) is 20.2 Å². The maximum Gasteiger partial charge on any atom is 0.294 e. The molecule has 3 aromatic rings. The number of nitrogens with zero attached hydrogens (tertiary/aromatic N) is 2. The molecular weight excluding hydrogens is 444 g/mol. The van der Waals surface area contributed by atoms with Crippen LogP contribution in [0.3, 0.4) is 0 Å². The smallest absolute Gasteiger partial charge is 0.294 e. The van der Waals surface area contributed by atoms with Gasteiger partial charge in [0.15, 0.2) is 5.82 Å². The average molecular weight is 460 g/mol. The largest absolute Gasteiger partial charge is 0.340 e. The summed E-state index contributed by atoms with van der Waals surface area (Å²) in [5.74, 6) is 0.562. The van der Waals surface area contributed by atoms with Gasteiger partial charge in [0, 0.05) is 11.4 Å². The minimum atomic E-state index is -4.32. The van der Waals surface area contributed by atoms with Crippen LogP contribution in [0.25, 0.3) is 0 Å². The first-order valence-electron chi connectivity index (χ1n) is 8.58. The van der Waals surface area contributed by atoms with Gasteiger partial charge in [0.25, 0.3) is 20.2 Å². The van der Waals surface area contributed by atoms with E-state index in [1.165, 1.54) is 48.5 Å². The summed E-state index contributed by atoms with van der Waals surface area (Å²) in [6.45, 7) is 1.71. The SMILES string of the molecule is Cc1cc(Nc2ccc(S(=O)(=O)O)cc2)nc(Nc2ccc(S(=O)(=O)O)cc2)c1C#N. The van der Waals surface area contributed by atoms with Gasteiger partial charge in [-0.3, -0.25) is 9.11 Å². The Balaban J connectivity index is 1.90. The summed E-state index contributed by atoms with van der Waals surface area (Å²) in [6, 6.07) is 14.3. The van der Waals surface area contributed by atoms with Crippen molar-refractivity contribution < 1.29 is 25.9 Å². The molecule has 0 fully saturated rings. The van der Waals surface area contributed by atoms with Gasteiger partial charge in [0.2, 0.25) is 0 Å². The van der Waals surface area contributed by atoms with Crippen LogP contribution in [0, 0.1) is 18.3 Å². The van der Waals surface area contributed by atoms with Crippen LogP contribution in [0.2, 0.25) is 0 Å². The standard InChI is InChI=1S/C19H16N4O6S2/c1-12-10-18(21-13-2-6-15(7-3-13)30(24,25)26)23-19(17(12)11-20)22-14-4-8-16(9-5-14)31(27,28)29/h2-10H,1H3,(H2,21,22,23)(H,24,25,26)(H,27,28,29). The summed E-state index contributed by atoms with van der Waals surface area (Å²) in [5, 5.41) is 15.4. The Labute approximate surface area is 178 Å². The molecule has 31 heavy (non-hydrogen) atoms. The van der Waals surface area contributed by atoms with Gasteiger partial charge < -0.3 is 10.6 Å². The van der Waals surface area contributed by atoms with E-state index in [0.717, 1.165) is 0 Å². The molecule has 2 aromatic carbocycles. The molecule has 0 amide bonds. The first-order chi connectivity index (χ1) is 14.5. The molecule has 4 N–H and O–H groups in total. The minimum Gasteiger partial charge on any atom is -0.340 e. The zero-order valence-corrected chi connectivity index (χ0v) is 17.6.